The molecule has 5 nitrogen and oxygen atoms in total. The Morgan fingerprint density at radius 2 is 1.86 bits per heavy atom. The lowest BCUT2D eigenvalue weighted by atomic mass is 9.79. The molecule has 2 aromatic rings. The molecule has 2 fully saturated rings. The van der Waals surface area contributed by atoms with Gasteiger partial charge in [-0.25, -0.2) is 0 Å². The fourth-order valence-electron chi connectivity index (χ4n) is 4.50. The average molecular weight is 376 g/mol. The van der Waals surface area contributed by atoms with E-state index in [2.05, 4.69) is 35.2 Å². The second-order valence-corrected chi connectivity index (χ2v) is 7.53. The highest BCUT2D eigenvalue weighted by Crippen LogP contribution is 2.35. The van der Waals surface area contributed by atoms with Crippen LogP contribution in [-0.4, -0.2) is 43.1 Å². The van der Waals surface area contributed by atoms with E-state index in [1.807, 2.05) is 6.07 Å². The van der Waals surface area contributed by atoms with Gasteiger partial charge in [0.25, 0.3) is 0 Å². The van der Waals surface area contributed by atoms with Crippen LogP contribution in [0.5, 0.6) is 5.75 Å². The van der Waals surface area contributed by atoms with E-state index in [-0.39, 0.29) is 23.8 Å². The summed E-state index contributed by atoms with van der Waals surface area (Å²) in [5.74, 6) is 0.412. The Morgan fingerprint density at radius 3 is 2.50 bits per heavy atom. The molecule has 2 atom stereocenters. The van der Waals surface area contributed by atoms with Crippen molar-refractivity contribution < 1.29 is 14.3 Å². The first-order valence-corrected chi connectivity index (χ1v) is 9.70. The molecule has 0 amide bonds. The van der Waals surface area contributed by atoms with Crippen LogP contribution in [0.1, 0.15) is 34.3 Å². The number of carbonyl (C=O) groups excluding carboxylic acids is 1. The molecule has 2 aromatic carbocycles. The standard InChI is InChI=1S/C23H24N2O3/c1-27-22-9-5-8-20(21(22)12-24)23(26)17-10-18-14-28-15-19(11-17)25(18)13-16-6-3-2-4-7-16/h2-9,17-19H,10-11,13-15H2,1H3. The van der Waals surface area contributed by atoms with E-state index >= 15 is 0 Å². The number of nitrogens with zero attached hydrogens (tertiary/aromatic N) is 2. The van der Waals surface area contributed by atoms with Crippen molar-refractivity contribution in [3.63, 3.8) is 0 Å². The number of morpholine rings is 1. The summed E-state index contributed by atoms with van der Waals surface area (Å²) in [7, 11) is 1.52. The molecule has 0 saturated carbocycles. The number of rotatable bonds is 5. The molecule has 2 heterocycles. The van der Waals surface area contributed by atoms with Gasteiger partial charge in [0.15, 0.2) is 5.78 Å². The van der Waals surface area contributed by atoms with E-state index in [1.165, 1.54) is 12.7 Å². The van der Waals surface area contributed by atoms with E-state index < -0.39 is 0 Å². The first-order valence-electron chi connectivity index (χ1n) is 9.70. The van der Waals surface area contributed by atoms with Crippen LogP contribution in [-0.2, 0) is 11.3 Å². The Balaban J connectivity index is 1.55. The molecule has 5 heteroatoms. The maximum atomic E-state index is 13.3. The van der Waals surface area contributed by atoms with Crippen LogP contribution in [0, 0.1) is 17.2 Å². The van der Waals surface area contributed by atoms with Gasteiger partial charge in [-0.2, -0.15) is 5.26 Å². The lowest BCUT2D eigenvalue weighted by Gasteiger charge is -2.48. The van der Waals surface area contributed by atoms with Crippen LogP contribution in [0.25, 0.3) is 0 Å². The summed E-state index contributed by atoms with van der Waals surface area (Å²) in [5, 5.41) is 9.53. The van der Waals surface area contributed by atoms with E-state index in [1.54, 1.807) is 18.2 Å². The number of methoxy groups -OCH3 is 1. The second-order valence-electron chi connectivity index (χ2n) is 7.53. The third-order valence-corrected chi connectivity index (χ3v) is 5.87. The fourth-order valence-corrected chi connectivity index (χ4v) is 4.50. The minimum Gasteiger partial charge on any atom is -0.495 e. The van der Waals surface area contributed by atoms with Crippen LogP contribution in [0.3, 0.4) is 0 Å². The first kappa shape index (κ1) is 18.7. The summed E-state index contributed by atoms with van der Waals surface area (Å²) in [6.07, 6.45) is 1.51. The van der Waals surface area contributed by atoms with Crippen LogP contribution in [0.15, 0.2) is 48.5 Å². The zero-order valence-electron chi connectivity index (χ0n) is 16.0. The number of Topliss-reactive ketones (excluding diaryl/α,β-unsaturated/α-hetero) is 1. The van der Waals surface area contributed by atoms with E-state index in [0.717, 1.165) is 19.4 Å². The van der Waals surface area contributed by atoms with Crippen LogP contribution in [0.4, 0.5) is 0 Å². The fraction of sp³-hybridized carbons (Fsp3) is 0.391. The van der Waals surface area contributed by atoms with Gasteiger partial charge in [0.2, 0.25) is 0 Å². The number of nitriles is 1. The minimum atomic E-state index is -0.0925. The summed E-state index contributed by atoms with van der Waals surface area (Å²) >= 11 is 0. The van der Waals surface area contributed by atoms with Gasteiger partial charge in [0, 0.05) is 30.1 Å². The first-order chi connectivity index (χ1) is 13.7. The minimum absolute atomic E-state index is 0.0479. The molecule has 0 aromatic heterocycles. The molecule has 144 valence electrons. The smallest absolute Gasteiger partial charge is 0.167 e. The third kappa shape index (κ3) is 3.54. The zero-order valence-corrected chi connectivity index (χ0v) is 16.0. The van der Waals surface area contributed by atoms with Gasteiger partial charge in [0.1, 0.15) is 17.4 Å². The average Bonchev–Trinajstić information content (AvgIpc) is 2.73. The Morgan fingerprint density at radius 1 is 1.14 bits per heavy atom. The summed E-state index contributed by atoms with van der Waals surface area (Å²) in [6, 6.07) is 18.3. The molecule has 4 rings (SSSR count). The predicted molar refractivity (Wildman–Crippen MR) is 105 cm³/mol. The van der Waals surface area contributed by atoms with Crippen LogP contribution in [0.2, 0.25) is 0 Å². The van der Waals surface area contributed by atoms with Crippen molar-refractivity contribution >= 4 is 5.78 Å². The lowest BCUT2D eigenvalue weighted by Crippen LogP contribution is -2.57. The Bertz CT molecular complexity index is 876. The van der Waals surface area contributed by atoms with Gasteiger partial charge >= 0.3 is 0 Å². The molecule has 0 aliphatic carbocycles. The number of carbonyl (C=O) groups is 1. The number of hydrogen-bond donors (Lipinski definition) is 0. The number of fused-ring (bicyclic) bond motifs is 2. The molecule has 28 heavy (non-hydrogen) atoms. The van der Waals surface area contributed by atoms with Gasteiger partial charge in [-0.15, -0.1) is 0 Å². The molecular formula is C23H24N2O3. The van der Waals surface area contributed by atoms with Crippen molar-refractivity contribution in [1.29, 1.82) is 5.26 Å². The highest BCUT2D eigenvalue weighted by molar-refractivity contribution is 6.00. The van der Waals surface area contributed by atoms with Gasteiger partial charge < -0.3 is 9.47 Å². The second kappa shape index (κ2) is 8.14. The van der Waals surface area contributed by atoms with Gasteiger partial charge in [-0.1, -0.05) is 36.4 Å². The molecule has 0 N–H and O–H groups in total. The largest absolute Gasteiger partial charge is 0.495 e. The van der Waals surface area contributed by atoms with Gasteiger partial charge in [-0.3, -0.25) is 9.69 Å². The summed E-state index contributed by atoms with van der Waals surface area (Å²) < 4.78 is 11.1. The van der Waals surface area contributed by atoms with Crippen LogP contribution < -0.4 is 4.74 Å². The quantitative estimate of drug-likeness (QED) is 0.748. The topological polar surface area (TPSA) is 62.6 Å². The predicted octanol–water partition coefficient (Wildman–Crippen LogP) is 3.43. The monoisotopic (exact) mass is 376 g/mol. The van der Waals surface area contributed by atoms with E-state index in [9.17, 15) is 10.1 Å². The van der Waals surface area contributed by atoms with Gasteiger partial charge in [0.05, 0.1) is 20.3 Å². The number of hydrogen-bond acceptors (Lipinski definition) is 5. The molecule has 2 aliphatic rings. The number of benzene rings is 2. The Hall–Kier alpha value is -2.68. The molecule has 2 unspecified atom stereocenters. The molecule has 2 bridgehead atoms. The molecule has 0 radical (unpaired) electrons. The maximum absolute atomic E-state index is 13.3. The summed E-state index contributed by atoms with van der Waals surface area (Å²) in [4.78, 5) is 15.8. The number of ketones is 1. The molecular weight excluding hydrogens is 352 g/mol. The molecule has 0 spiro atoms. The van der Waals surface area contributed by atoms with Crippen molar-refractivity contribution in [3.05, 3.63) is 65.2 Å². The highest BCUT2D eigenvalue weighted by Gasteiger charge is 2.41. The van der Waals surface area contributed by atoms with Crippen molar-refractivity contribution in [2.24, 2.45) is 5.92 Å². The molecule has 2 aliphatic heterocycles. The van der Waals surface area contributed by atoms with Crippen molar-refractivity contribution in [2.45, 2.75) is 31.5 Å². The third-order valence-electron chi connectivity index (χ3n) is 5.87. The SMILES string of the molecule is COc1cccc(C(=O)C2CC3COCC(C2)N3Cc2ccccc2)c1C#N. The normalized spacial score (nSPS) is 24.4. The molecule has 2 saturated heterocycles. The van der Waals surface area contributed by atoms with Crippen molar-refractivity contribution in [3.8, 4) is 11.8 Å². The Labute approximate surface area is 165 Å². The lowest BCUT2D eigenvalue weighted by molar-refractivity contribution is -0.0872. The summed E-state index contributed by atoms with van der Waals surface area (Å²) in [6.45, 7) is 2.18. The van der Waals surface area contributed by atoms with Gasteiger partial charge in [-0.05, 0) is 30.5 Å². The van der Waals surface area contributed by atoms with E-state index in [4.69, 9.17) is 9.47 Å². The zero-order chi connectivity index (χ0) is 19.5. The van der Waals surface area contributed by atoms with Crippen molar-refractivity contribution in [1.82, 2.24) is 4.90 Å². The highest BCUT2D eigenvalue weighted by atomic mass is 16.5. The Kier molecular flexibility index (Phi) is 5.43. The number of piperidine rings is 1. The van der Waals surface area contributed by atoms with Crippen molar-refractivity contribution in [2.75, 3.05) is 20.3 Å². The van der Waals surface area contributed by atoms with E-state index in [0.29, 0.717) is 30.1 Å². The summed E-state index contributed by atoms with van der Waals surface area (Å²) in [5.41, 5.74) is 2.09. The van der Waals surface area contributed by atoms with Crippen LogP contribution >= 0.6 is 0 Å². The number of ether oxygens (including phenoxy) is 2. The maximum Gasteiger partial charge on any atom is 0.167 e.